The lowest BCUT2D eigenvalue weighted by Gasteiger charge is -2.18. The van der Waals surface area contributed by atoms with Crippen LogP contribution in [0.15, 0.2) is 60.7 Å². The third-order valence-corrected chi connectivity index (χ3v) is 4.40. The van der Waals surface area contributed by atoms with E-state index >= 15 is 0 Å². The zero-order valence-corrected chi connectivity index (χ0v) is 13.3. The molecule has 1 N–H and O–H groups in total. The van der Waals surface area contributed by atoms with E-state index in [1.807, 2.05) is 60.7 Å². The predicted molar refractivity (Wildman–Crippen MR) is 91.3 cm³/mol. The summed E-state index contributed by atoms with van der Waals surface area (Å²) in [7, 11) is 0. The summed E-state index contributed by atoms with van der Waals surface area (Å²) < 4.78 is 5.39. The monoisotopic (exact) mass is 309 g/mol. The lowest BCUT2D eigenvalue weighted by atomic mass is 9.90. The van der Waals surface area contributed by atoms with E-state index in [1.165, 1.54) is 0 Å². The number of hydrogen-bond donors (Lipinski definition) is 1. The van der Waals surface area contributed by atoms with E-state index in [9.17, 15) is 4.79 Å². The molecule has 23 heavy (non-hydrogen) atoms. The molecule has 0 radical (unpaired) electrons. The number of rotatable bonds is 6. The van der Waals surface area contributed by atoms with Gasteiger partial charge in [-0.05, 0) is 29.9 Å². The highest BCUT2D eigenvalue weighted by molar-refractivity contribution is 5.87. The molecule has 1 atom stereocenters. The van der Waals surface area contributed by atoms with Gasteiger partial charge in [-0.3, -0.25) is 4.79 Å². The van der Waals surface area contributed by atoms with Crippen molar-refractivity contribution >= 4 is 5.91 Å². The Labute approximate surface area is 137 Å². The Hall–Kier alpha value is -2.13. The molecule has 3 heteroatoms. The van der Waals surface area contributed by atoms with Gasteiger partial charge in [0.2, 0.25) is 5.91 Å². The van der Waals surface area contributed by atoms with Gasteiger partial charge in [0, 0.05) is 19.8 Å². The number of carbonyl (C=O) groups excluding carboxylic acids is 1. The van der Waals surface area contributed by atoms with Crippen LogP contribution in [0.2, 0.25) is 0 Å². The van der Waals surface area contributed by atoms with E-state index in [4.69, 9.17) is 4.74 Å². The smallest absolute Gasteiger partial charge is 0.232 e. The summed E-state index contributed by atoms with van der Waals surface area (Å²) >= 11 is 0. The molecule has 1 saturated heterocycles. The number of carbonyl (C=O) groups is 1. The van der Waals surface area contributed by atoms with Gasteiger partial charge in [0.15, 0.2) is 0 Å². The Morgan fingerprint density at radius 2 is 1.65 bits per heavy atom. The molecular formula is C20H23NO2. The first-order valence-electron chi connectivity index (χ1n) is 8.30. The Morgan fingerprint density at radius 1 is 1.04 bits per heavy atom. The standard InChI is InChI=1S/C20H23NO2/c22-20(21-13-11-16-12-14-23-15-16)19(17-7-3-1-4-8-17)18-9-5-2-6-10-18/h1-10,16,19H,11-15H2,(H,21,22). The molecule has 1 amide bonds. The van der Waals surface area contributed by atoms with Crippen LogP contribution in [-0.2, 0) is 9.53 Å². The van der Waals surface area contributed by atoms with E-state index in [1.54, 1.807) is 0 Å². The van der Waals surface area contributed by atoms with E-state index < -0.39 is 0 Å². The van der Waals surface area contributed by atoms with E-state index in [0.717, 1.165) is 37.2 Å². The summed E-state index contributed by atoms with van der Waals surface area (Å²) in [5.41, 5.74) is 2.06. The summed E-state index contributed by atoms with van der Waals surface area (Å²) in [6.45, 7) is 2.40. The van der Waals surface area contributed by atoms with Crippen molar-refractivity contribution in [3.63, 3.8) is 0 Å². The van der Waals surface area contributed by atoms with E-state index in [2.05, 4.69) is 5.32 Å². The highest BCUT2D eigenvalue weighted by atomic mass is 16.5. The third-order valence-electron chi connectivity index (χ3n) is 4.40. The Bertz CT molecular complexity index is 567. The lowest BCUT2D eigenvalue weighted by Crippen LogP contribution is -2.31. The topological polar surface area (TPSA) is 38.3 Å². The fourth-order valence-corrected chi connectivity index (χ4v) is 3.10. The first-order chi connectivity index (χ1) is 11.3. The zero-order valence-electron chi connectivity index (χ0n) is 13.3. The van der Waals surface area contributed by atoms with Crippen molar-refractivity contribution in [1.82, 2.24) is 5.32 Å². The molecule has 1 heterocycles. The molecule has 1 unspecified atom stereocenters. The largest absolute Gasteiger partial charge is 0.381 e. The van der Waals surface area contributed by atoms with Gasteiger partial charge in [-0.2, -0.15) is 0 Å². The average molecular weight is 309 g/mol. The number of amides is 1. The van der Waals surface area contributed by atoms with E-state index in [-0.39, 0.29) is 11.8 Å². The van der Waals surface area contributed by atoms with Gasteiger partial charge in [-0.15, -0.1) is 0 Å². The quantitative estimate of drug-likeness (QED) is 0.888. The molecule has 3 rings (SSSR count). The number of hydrogen-bond acceptors (Lipinski definition) is 2. The summed E-state index contributed by atoms with van der Waals surface area (Å²) in [4.78, 5) is 12.8. The Kier molecular flexibility index (Phi) is 5.43. The molecule has 2 aromatic carbocycles. The van der Waals surface area contributed by atoms with Gasteiger partial charge >= 0.3 is 0 Å². The van der Waals surface area contributed by atoms with Crippen LogP contribution >= 0.6 is 0 Å². The van der Waals surface area contributed by atoms with Crippen LogP contribution in [0.5, 0.6) is 0 Å². The molecule has 2 aromatic rings. The third kappa shape index (κ3) is 4.20. The minimum absolute atomic E-state index is 0.0707. The molecule has 0 bridgehead atoms. The van der Waals surface area contributed by atoms with Crippen molar-refractivity contribution in [2.75, 3.05) is 19.8 Å². The molecule has 0 spiro atoms. The average Bonchev–Trinajstić information content (AvgIpc) is 3.10. The second kappa shape index (κ2) is 7.93. The van der Waals surface area contributed by atoms with Crippen molar-refractivity contribution in [3.05, 3.63) is 71.8 Å². The summed E-state index contributed by atoms with van der Waals surface area (Å²) in [5.74, 6) is 0.403. The van der Waals surface area contributed by atoms with Crippen molar-refractivity contribution in [2.45, 2.75) is 18.8 Å². The fourth-order valence-electron chi connectivity index (χ4n) is 3.10. The van der Waals surface area contributed by atoms with Crippen LogP contribution in [0.1, 0.15) is 29.9 Å². The Balaban J connectivity index is 1.69. The first-order valence-corrected chi connectivity index (χ1v) is 8.30. The van der Waals surface area contributed by atoms with Crippen LogP contribution < -0.4 is 5.32 Å². The van der Waals surface area contributed by atoms with Crippen molar-refractivity contribution in [3.8, 4) is 0 Å². The van der Waals surface area contributed by atoms with E-state index in [0.29, 0.717) is 12.5 Å². The van der Waals surface area contributed by atoms with Crippen molar-refractivity contribution in [2.24, 2.45) is 5.92 Å². The van der Waals surface area contributed by atoms with Gasteiger partial charge in [-0.25, -0.2) is 0 Å². The molecule has 120 valence electrons. The fraction of sp³-hybridized carbons (Fsp3) is 0.350. The van der Waals surface area contributed by atoms with Crippen LogP contribution in [0, 0.1) is 5.92 Å². The maximum atomic E-state index is 12.8. The Morgan fingerprint density at radius 3 is 2.17 bits per heavy atom. The van der Waals surface area contributed by atoms with Crippen molar-refractivity contribution < 1.29 is 9.53 Å². The second-order valence-electron chi connectivity index (χ2n) is 6.06. The summed E-state index contributed by atoms with van der Waals surface area (Å²) in [6, 6.07) is 19.9. The number of benzene rings is 2. The van der Waals surface area contributed by atoms with Gasteiger partial charge in [0.25, 0.3) is 0 Å². The molecule has 1 aliphatic heterocycles. The maximum Gasteiger partial charge on any atom is 0.232 e. The minimum Gasteiger partial charge on any atom is -0.381 e. The van der Waals surface area contributed by atoms with Crippen LogP contribution in [-0.4, -0.2) is 25.7 Å². The van der Waals surface area contributed by atoms with Crippen molar-refractivity contribution in [1.29, 1.82) is 0 Å². The molecule has 1 fully saturated rings. The normalized spacial score (nSPS) is 17.3. The molecule has 0 aromatic heterocycles. The summed E-state index contributed by atoms with van der Waals surface area (Å²) in [5, 5.41) is 3.11. The first kappa shape index (κ1) is 15.8. The molecular weight excluding hydrogens is 286 g/mol. The predicted octanol–water partition coefficient (Wildman–Crippen LogP) is 3.36. The van der Waals surface area contributed by atoms with Gasteiger partial charge < -0.3 is 10.1 Å². The van der Waals surface area contributed by atoms with Gasteiger partial charge in [-0.1, -0.05) is 60.7 Å². The van der Waals surface area contributed by atoms with Crippen LogP contribution in [0.25, 0.3) is 0 Å². The zero-order chi connectivity index (χ0) is 15.9. The second-order valence-corrected chi connectivity index (χ2v) is 6.06. The molecule has 3 nitrogen and oxygen atoms in total. The molecule has 0 saturated carbocycles. The van der Waals surface area contributed by atoms with Crippen LogP contribution in [0.4, 0.5) is 0 Å². The highest BCUT2D eigenvalue weighted by Gasteiger charge is 2.23. The number of nitrogens with one attached hydrogen (secondary N) is 1. The van der Waals surface area contributed by atoms with Crippen LogP contribution in [0.3, 0.4) is 0 Å². The number of ether oxygens (including phenoxy) is 1. The highest BCUT2D eigenvalue weighted by Crippen LogP contribution is 2.25. The lowest BCUT2D eigenvalue weighted by molar-refractivity contribution is -0.121. The molecule has 0 aliphatic carbocycles. The minimum atomic E-state index is -0.253. The van der Waals surface area contributed by atoms with Gasteiger partial charge in [0.1, 0.15) is 0 Å². The summed E-state index contributed by atoms with van der Waals surface area (Å²) in [6.07, 6.45) is 2.10. The SMILES string of the molecule is O=C(NCCC1CCOC1)C(c1ccccc1)c1ccccc1. The van der Waals surface area contributed by atoms with Gasteiger partial charge in [0.05, 0.1) is 5.92 Å². The maximum absolute atomic E-state index is 12.8. The molecule has 1 aliphatic rings.